The number of hydrogen-bond donors (Lipinski definition) is 4. The SMILES string of the molecule is O=C(O)CNC(=O)c1c(O)c2ccc(OCc3c(F)cccc3F)cc2[nH]c1=O. The van der Waals surface area contributed by atoms with Crippen LogP contribution >= 0.6 is 0 Å². The van der Waals surface area contributed by atoms with Crippen molar-refractivity contribution in [2.45, 2.75) is 6.61 Å². The molecule has 0 spiro atoms. The molecule has 1 aromatic heterocycles. The van der Waals surface area contributed by atoms with Gasteiger partial charge in [-0.05, 0) is 24.3 Å². The summed E-state index contributed by atoms with van der Waals surface area (Å²) in [6.45, 7) is -1.13. The Balaban J connectivity index is 1.89. The number of ether oxygens (including phenoxy) is 1. The van der Waals surface area contributed by atoms with Gasteiger partial charge < -0.3 is 25.3 Å². The van der Waals surface area contributed by atoms with Gasteiger partial charge in [-0.1, -0.05) is 6.07 Å². The van der Waals surface area contributed by atoms with Gasteiger partial charge in [0.15, 0.2) is 0 Å². The van der Waals surface area contributed by atoms with Crippen molar-refractivity contribution >= 4 is 22.8 Å². The molecule has 2 aromatic carbocycles. The Hall–Kier alpha value is -3.95. The predicted octanol–water partition coefficient (Wildman–Crippen LogP) is 1.91. The molecule has 1 amide bonds. The quantitative estimate of drug-likeness (QED) is 0.497. The summed E-state index contributed by atoms with van der Waals surface area (Å²) in [5.74, 6) is -4.40. The van der Waals surface area contributed by atoms with Crippen LogP contribution in [0.1, 0.15) is 15.9 Å². The Labute approximate surface area is 161 Å². The van der Waals surface area contributed by atoms with Crippen molar-refractivity contribution in [3.05, 3.63) is 69.5 Å². The number of carbonyl (C=O) groups is 2. The molecule has 150 valence electrons. The minimum Gasteiger partial charge on any atom is -0.506 e. The minimum absolute atomic E-state index is 0.0921. The number of aliphatic carboxylic acids is 1. The number of pyridine rings is 1. The Morgan fingerprint density at radius 1 is 1.14 bits per heavy atom. The summed E-state index contributed by atoms with van der Waals surface area (Å²) in [6, 6.07) is 7.43. The monoisotopic (exact) mass is 404 g/mol. The van der Waals surface area contributed by atoms with E-state index in [2.05, 4.69) is 4.98 Å². The topological polar surface area (TPSA) is 129 Å². The Morgan fingerprint density at radius 2 is 1.83 bits per heavy atom. The minimum atomic E-state index is -1.32. The second-order valence-electron chi connectivity index (χ2n) is 5.95. The highest BCUT2D eigenvalue weighted by Crippen LogP contribution is 2.28. The van der Waals surface area contributed by atoms with Gasteiger partial charge in [0, 0.05) is 11.5 Å². The number of benzene rings is 2. The number of carbonyl (C=O) groups excluding carboxylic acids is 1. The van der Waals surface area contributed by atoms with Gasteiger partial charge in [0.2, 0.25) is 0 Å². The van der Waals surface area contributed by atoms with Crippen LogP contribution in [0.2, 0.25) is 0 Å². The number of H-pyrrole nitrogens is 1. The van der Waals surface area contributed by atoms with Gasteiger partial charge in [-0.2, -0.15) is 0 Å². The second-order valence-corrected chi connectivity index (χ2v) is 5.95. The highest BCUT2D eigenvalue weighted by Gasteiger charge is 2.20. The number of carboxylic acids is 1. The van der Waals surface area contributed by atoms with Crippen molar-refractivity contribution in [3.8, 4) is 11.5 Å². The fourth-order valence-electron chi connectivity index (χ4n) is 2.63. The second kappa shape index (κ2) is 7.97. The zero-order valence-electron chi connectivity index (χ0n) is 14.7. The van der Waals surface area contributed by atoms with Crippen LogP contribution in [0.5, 0.6) is 11.5 Å². The summed E-state index contributed by atoms with van der Waals surface area (Å²) in [5.41, 5.74) is -1.75. The lowest BCUT2D eigenvalue weighted by molar-refractivity contribution is -0.135. The van der Waals surface area contributed by atoms with Gasteiger partial charge >= 0.3 is 5.97 Å². The van der Waals surface area contributed by atoms with E-state index in [0.717, 1.165) is 12.1 Å². The van der Waals surface area contributed by atoms with Gasteiger partial charge in [0.25, 0.3) is 11.5 Å². The van der Waals surface area contributed by atoms with Crippen LogP contribution in [0, 0.1) is 11.6 Å². The molecule has 3 rings (SSSR count). The van der Waals surface area contributed by atoms with Crippen molar-refractivity contribution in [2.24, 2.45) is 0 Å². The largest absolute Gasteiger partial charge is 0.506 e. The first-order valence-corrected chi connectivity index (χ1v) is 8.22. The van der Waals surface area contributed by atoms with Gasteiger partial charge in [-0.15, -0.1) is 0 Å². The summed E-state index contributed by atoms with van der Waals surface area (Å²) >= 11 is 0. The van der Waals surface area contributed by atoms with Gasteiger partial charge in [-0.25, -0.2) is 8.78 Å². The molecule has 0 saturated carbocycles. The molecule has 29 heavy (non-hydrogen) atoms. The molecule has 0 atom stereocenters. The van der Waals surface area contributed by atoms with Crippen LogP contribution < -0.4 is 15.6 Å². The number of aromatic nitrogens is 1. The number of rotatable bonds is 6. The summed E-state index contributed by atoms with van der Waals surface area (Å²) in [7, 11) is 0. The van der Waals surface area contributed by atoms with E-state index >= 15 is 0 Å². The number of aromatic amines is 1. The molecule has 0 radical (unpaired) electrons. The van der Waals surface area contributed by atoms with Gasteiger partial charge in [0.05, 0.1) is 11.1 Å². The predicted molar refractivity (Wildman–Crippen MR) is 96.9 cm³/mol. The number of aromatic hydroxyl groups is 1. The maximum atomic E-state index is 13.7. The molecule has 3 aromatic rings. The average Bonchev–Trinajstić information content (AvgIpc) is 2.65. The van der Waals surface area contributed by atoms with E-state index in [1.54, 1.807) is 0 Å². The van der Waals surface area contributed by atoms with E-state index in [4.69, 9.17) is 9.84 Å². The van der Waals surface area contributed by atoms with E-state index < -0.39 is 53.5 Å². The van der Waals surface area contributed by atoms with Crippen LogP contribution in [0.4, 0.5) is 8.78 Å². The van der Waals surface area contributed by atoms with E-state index in [1.165, 1.54) is 24.3 Å². The first-order valence-electron chi connectivity index (χ1n) is 8.22. The third kappa shape index (κ3) is 4.15. The van der Waals surface area contributed by atoms with Crippen LogP contribution in [0.3, 0.4) is 0 Å². The first kappa shape index (κ1) is 19.8. The van der Waals surface area contributed by atoms with E-state index in [0.29, 0.717) is 0 Å². The van der Waals surface area contributed by atoms with Crippen LogP contribution in [0.15, 0.2) is 41.2 Å². The molecule has 0 aliphatic rings. The van der Waals surface area contributed by atoms with Crippen molar-refractivity contribution in [3.63, 3.8) is 0 Å². The third-order valence-electron chi connectivity index (χ3n) is 4.03. The molecule has 0 unspecified atom stereocenters. The van der Waals surface area contributed by atoms with Crippen molar-refractivity contribution < 1.29 is 33.3 Å². The van der Waals surface area contributed by atoms with E-state index in [9.17, 15) is 28.3 Å². The fourth-order valence-corrected chi connectivity index (χ4v) is 2.63. The first-order chi connectivity index (χ1) is 13.8. The Kier molecular flexibility index (Phi) is 5.44. The van der Waals surface area contributed by atoms with E-state index in [1.807, 2.05) is 5.32 Å². The molecule has 0 aliphatic carbocycles. The zero-order chi connectivity index (χ0) is 21.1. The average molecular weight is 404 g/mol. The normalized spacial score (nSPS) is 10.7. The van der Waals surface area contributed by atoms with Crippen LogP contribution in [0.25, 0.3) is 10.9 Å². The number of fused-ring (bicyclic) bond motifs is 1. The number of nitrogens with one attached hydrogen (secondary N) is 2. The van der Waals surface area contributed by atoms with Gasteiger partial charge in [0.1, 0.15) is 41.8 Å². The van der Waals surface area contributed by atoms with Crippen LogP contribution in [-0.4, -0.2) is 33.6 Å². The summed E-state index contributed by atoms with van der Waals surface area (Å²) in [4.78, 5) is 37.0. The molecule has 0 aliphatic heterocycles. The lowest BCUT2D eigenvalue weighted by Gasteiger charge is -2.11. The van der Waals surface area contributed by atoms with Crippen molar-refractivity contribution in [2.75, 3.05) is 6.54 Å². The lowest BCUT2D eigenvalue weighted by atomic mass is 10.1. The lowest BCUT2D eigenvalue weighted by Crippen LogP contribution is -2.33. The molecule has 10 heteroatoms. The summed E-state index contributed by atoms with van der Waals surface area (Å²) < 4.78 is 32.7. The number of carboxylic acid groups (broad SMARTS) is 1. The van der Waals surface area contributed by atoms with Crippen molar-refractivity contribution in [1.29, 1.82) is 0 Å². The highest BCUT2D eigenvalue weighted by atomic mass is 19.1. The maximum Gasteiger partial charge on any atom is 0.322 e. The Bertz CT molecular complexity index is 1160. The number of halogens is 2. The number of amides is 1. The third-order valence-corrected chi connectivity index (χ3v) is 4.03. The molecule has 4 N–H and O–H groups in total. The standard InChI is InChI=1S/C19H14F2N2O6/c20-12-2-1-3-13(21)11(12)8-29-9-4-5-10-14(6-9)23-19(28)16(17(10)26)18(27)22-7-15(24)25/h1-6H,7-8H2,(H,22,27)(H,24,25)(H2,23,26,28). The Morgan fingerprint density at radius 3 is 2.48 bits per heavy atom. The number of hydrogen-bond acceptors (Lipinski definition) is 5. The molecule has 0 fully saturated rings. The summed E-state index contributed by atoms with van der Waals surface area (Å²) in [5, 5.41) is 20.9. The smallest absolute Gasteiger partial charge is 0.322 e. The molecule has 0 saturated heterocycles. The maximum absolute atomic E-state index is 13.7. The summed E-state index contributed by atoms with van der Waals surface area (Å²) in [6.07, 6.45) is 0. The zero-order valence-corrected chi connectivity index (χ0v) is 14.7. The van der Waals surface area contributed by atoms with E-state index in [-0.39, 0.29) is 22.2 Å². The molecule has 1 heterocycles. The van der Waals surface area contributed by atoms with Gasteiger partial charge in [-0.3, -0.25) is 14.4 Å². The molecular formula is C19H14F2N2O6. The molecule has 8 nitrogen and oxygen atoms in total. The molecular weight excluding hydrogens is 390 g/mol. The highest BCUT2D eigenvalue weighted by molar-refractivity contribution is 6.03. The fraction of sp³-hybridized carbons (Fsp3) is 0.105. The molecule has 0 bridgehead atoms. The van der Waals surface area contributed by atoms with Crippen molar-refractivity contribution in [1.82, 2.24) is 10.3 Å². The van der Waals surface area contributed by atoms with Crippen LogP contribution in [-0.2, 0) is 11.4 Å².